The third kappa shape index (κ3) is 3.34. The van der Waals surface area contributed by atoms with Crippen LogP contribution in [0, 0.1) is 0 Å². The van der Waals surface area contributed by atoms with Gasteiger partial charge >= 0.3 is 5.97 Å². The number of benzene rings is 1. The molecule has 6 nitrogen and oxygen atoms in total. The highest BCUT2D eigenvalue weighted by atomic mass is 79.9. The SMILES string of the molecule is COc1c(Br)cc(-c2cc(C(=O)O)on2)cc1OC1CCCC1. The van der Waals surface area contributed by atoms with Crippen molar-refractivity contribution in [3.05, 3.63) is 28.4 Å². The Hall–Kier alpha value is -2.02. The second-order valence-electron chi connectivity index (χ2n) is 5.40. The van der Waals surface area contributed by atoms with Gasteiger partial charge in [0.1, 0.15) is 5.69 Å². The first kappa shape index (κ1) is 15.9. The van der Waals surface area contributed by atoms with Crippen molar-refractivity contribution in [1.29, 1.82) is 0 Å². The van der Waals surface area contributed by atoms with Gasteiger partial charge in [-0.1, -0.05) is 5.16 Å². The van der Waals surface area contributed by atoms with Crippen molar-refractivity contribution in [2.45, 2.75) is 31.8 Å². The molecular weight excluding hydrogens is 366 g/mol. The lowest BCUT2D eigenvalue weighted by Crippen LogP contribution is -2.11. The number of aromatic nitrogens is 1. The van der Waals surface area contributed by atoms with Gasteiger partial charge in [0.15, 0.2) is 11.5 Å². The van der Waals surface area contributed by atoms with Crippen LogP contribution < -0.4 is 9.47 Å². The summed E-state index contributed by atoms with van der Waals surface area (Å²) in [5.74, 6) is -0.129. The number of aromatic carboxylic acids is 1. The van der Waals surface area contributed by atoms with E-state index in [1.807, 2.05) is 0 Å². The molecule has 0 unspecified atom stereocenters. The molecule has 7 heteroatoms. The number of carboxylic acid groups (broad SMARTS) is 1. The maximum absolute atomic E-state index is 10.9. The molecule has 1 aliphatic rings. The van der Waals surface area contributed by atoms with Crippen LogP contribution in [0.1, 0.15) is 36.2 Å². The second kappa shape index (κ2) is 6.62. The average Bonchev–Trinajstić information content (AvgIpc) is 3.18. The van der Waals surface area contributed by atoms with Gasteiger partial charge in [0.2, 0.25) is 5.76 Å². The maximum Gasteiger partial charge on any atom is 0.374 e. The number of rotatable bonds is 5. The molecule has 23 heavy (non-hydrogen) atoms. The molecule has 1 saturated carbocycles. The molecule has 0 bridgehead atoms. The first-order valence-corrected chi connectivity index (χ1v) is 8.12. The number of methoxy groups -OCH3 is 1. The van der Waals surface area contributed by atoms with Crippen molar-refractivity contribution in [2.75, 3.05) is 7.11 Å². The minimum atomic E-state index is -1.15. The zero-order valence-corrected chi connectivity index (χ0v) is 14.1. The maximum atomic E-state index is 10.9. The van der Waals surface area contributed by atoms with E-state index in [9.17, 15) is 4.79 Å². The van der Waals surface area contributed by atoms with E-state index in [1.54, 1.807) is 19.2 Å². The van der Waals surface area contributed by atoms with E-state index in [4.69, 9.17) is 19.1 Å². The van der Waals surface area contributed by atoms with Gasteiger partial charge in [-0.15, -0.1) is 0 Å². The molecule has 3 rings (SSSR count). The van der Waals surface area contributed by atoms with E-state index in [0.29, 0.717) is 27.2 Å². The van der Waals surface area contributed by atoms with E-state index in [-0.39, 0.29) is 11.9 Å². The molecule has 0 radical (unpaired) electrons. The van der Waals surface area contributed by atoms with Gasteiger partial charge in [-0.2, -0.15) is 0 Å². The molecule has 1 fully saturated rings. The van der Waals surface area contributed by atoms with E-state index in [1.165, 1.54) is 18.9 Å². The van der Waals surface area contributed by atoms with Gasteiger partial charge in [-0.05, 0) is 53.7 Å². The molecule has 0 aliphatic heterocycles. The fourth-order valence-corrected chi connectivity index (χ4v) is 3.30. The summed E-state index contributed by atoms with van der Waals surface area (Å²) in [6, 6.07) is 4.98. The molecule has 0 atom stereocenters. The lowest BCUT2D eigenvalue weighted by molar-refractivity contribution is 0.0652. The van der Waals surface area contributed by atoms with Crippen LogP contribution in [-0.4, -0.2) is 29.4 Å². The Kier molecular flexibility index (Phi) is 4.56. The van der Waals surface area contributed by atoms with Gasteiger partial charge < -0.3 is 19.1 Å². The summed E-state index contributed by atoms with van der Waals surface area (Å²) in [5, 5.41) is 12.7. The van der Waals surface area contributed by atoms with Crippen molar-refractivity contribution in [2.24, 2.45) is 0 Å². The number of nitrogens with zero attached hydrogens (tertiary/aromatic N) is 1. The summed E-state index contributed by atoms with van der Waals surface area (Å²) in [6.45, 7) is 0. The van der Waals surface area contributed by atoms with Crippen LogP contribution in [0.4, 0.5) is 0 Å². The highest BCUT2D eigenvalue weighted by Crippen LogP contribution is 2.41. The number of carbonyl (C=O) groups is 1. The summed E-state index contributed by atoms with van der Waals surface area (Å²) < 4.78 is 17.0. The van der Waals surface area contributed by atoms with Crippen molar-refractivity contribution in [3.63, 3.8) is 0 Å². The minimum absolute atomic E-state index is 0.179. The largest absolute Gasteiger partial charge is 0.492 e. The van der Waals surface area contributed by atoms with Crippen LogP contribution in [0.5, 0.6) is 11.5 Å². The van der Waals surface area contributed by atoms with Crippen molar-refractivity contribution in [3.8, 4) is 22.8 Å². The lowest BCUT2D eigenvalue weighted by Gasteiger charge is -2.17. The summed E-state index contributed by atoms with van der Waals surface area (Å²) in [5.41, 5.74) is 1.13. The molecule has 0 saturated heterocycles. The molecular formula is C16H16BrNO5. The topological polar surface area (TPSA) is 81.8 Å². The van der Waals surface area contributed by atoms with Crippen LogP contribution in [0.15, 0.2) is 27.2 Å². The van der Waals surface area contributed by atoms with Crippen LogP contribution in [0.3, 0.4) is 0 Å². The third-order valence-corrected chi connectivity index (χ3v) is 4.42. The lowest BCUT2D eigenvalue weighted by atomic mass is 10.1. The van der Waals surface area contributed by atoms with E-state index in [0.717, 1.165) is 12.8 Å². The Bertz CT molecular complexity index is 721. The van der Waals surface area contributed by atoms with Crippen LogP contribution in [0.2, 0.25) is 0 Å². The normalized spacial score (nSPS) is 14.9. The van der Waals surface area contributed by atoms with Crippen LogP contribution in [-0.2, 0) is 0 Å². The number of hydrogen-bond acceptors (Lipinski definition) is 5. The zero-order valence-electron chi connectivity index (χ0n) is 12.5. The molecule has 122 valence electrons. The van der Waals surface area contributed by atoms with Gasteiger partial charge in [-0.3, -0.25) is 0 Å². The monoisotopic (exact) mass is 381 g/mol. The van der Waals surface area contributed by atoms with Crippen molar-refractivity contribution in [1.82, 2.24) is 5.16 Å². The molecule has 1 aliphatic carbocycles. The standard InChI is InChI=1S/C16H16BrNO5/c1-21-15-11(17)6-9(12-8-14(16(19)20)23-18-12)7-13(15)22-10-4-2-3-5-10/h6-8,10H,2-5H2,1H3,(H,19,20). The highest BCUT2D eigenvalue weighted by molar-refractivity contribution is 9.10. The van der Waals surface area contributed by atoms with Gasteiger partial charge in [0.05, 0.1) is 17.7 Å². The number of halogens is 1. The summed E-state index contributed by atoms with van der Waals surface area (Å²) >= 11 is 3.46. The second-order valence-corrected chi connectivity index (χ2v) is 6.25. The number of carboxylic acids is 1. The Morgan fingerprint density at radius 1 is 1.35 bits per heavy atom. The number of hydrogen-bond donors (Lipinski definition) is 1. The molecule has 2 aromatic rings. The fraction of sp³-hybridized carbons (Fsp3) is 0.375. The van der Waals surface area contributed by atoms with E-state index < -0.39 is 5.97 Å². The van der Waals surface area contributed by atoms with Crippen molar-refractivity contribution >= 4 is 21.9 Å². The predicted octanol–water partition coefficient (Wildman–Crippen LogP) is 4.13. The average molecular weight is 382 g/mol. The van der Waals surface area contributed by atoms with Gasteiger partial charge in [0.25, 0.3) is 0 Å². The van der Waals surface area contributed by atoms with E-state index in [2.05, 4.69) is 21.1 Å². The molecule has 0 spiro atoms. The summed E-state index contributed by atoms with van der Waals surface area (Å²) in [7, 11) is 1.58. The van der Waals surface area contributed by atoms with E-state index >= 15 is 0 Å². The minimum Gasteiger partial charge on any atom is -0.492 e. The fourth-order valence-electron chi connectivity index (χ4n) is 2.70. The Morgan fingerprint density at radius 2 is 2.09 bits per heavy atom. The summed E-state index contributed by atoms with van der Waals surface area (Å²) in [6.07, 6.45) is 4.56. The number of ether oxygens (including phenoxy) is 2. The quantitative estimate of drug-likeness (QED) is 0.837. The first-order chi connectivity index (χ1) is 11.1. The van der Waals surface area contributed by atoms with Gasteiger partial charge in [0, 0.05) is 11.6 Å². The van der Waals surface area contributed by atoms with Gasteiger partial charge in [-0.25, -0.2) is 4.79 Å². The third-order valence-electron chi connectivity index (χ3n) is 3.83. The highest BCUT2D eigenvalue weighted by Gasteiger charge is 2.21. The molecule has 0 amide bonds. The first-order valence-electron chi connectivity index (χ1n) is 7.33. The Morgan fingerprint density at radius 3 is 2.70 bits per heavy atom. The van der Waals surface area contributed by atoms with Crippen LogP contribution >= 0.6 is 15.9 Å². The predicted molar refractivity (Wildman–Crippen MR) is 86.0 cm³/mol. The molecule has 1 N–H and O–H groups in total. The Labute approximate surface area is 141 Å². The molecule has 1 aromatic heterocycles. The van der Waals surface area contributed by atoms with Crippen LogP contribution in [0.25, 0.3) is 11.3 Å². The van der Waals surface area contributed by atoms with Crippen molar-refractivity contribution < 1.29 is 23.9 Å². The Balaban J connectivity index is 1.96. The molecule has 1 heterocycles. The summed E-state index contributed by atoms with van der Waals surface area (Å²) in [4.78, 5) is 10.9. The molecule has 1 aromatic carbocycles. The smallest absolute Gasteiger partial charge is 0.374 e. The zero-order chi connectivity index (χ0) is 16.4.